The molecular formula is C25H22N2O2S. The second-order valence-electron chi connectivity index (χ2n) is 7.64. The minimum Gasteiger partial charge on any atom is -0.362 e. The molecule has 1 aromatic heterocycles. The fourth-order valence-corrected chi connectivity index (χ4v) is 5.04. The van der Waals surface area contributed by atoms with Crippen LogP contribution in [-0.2, 0) is 29.0 Å². The average molecular weight is 415 g/mol. The molecule has 0 fully saturated rings. The summed E-state index contributed by atoms with van der Waals surface area (Å²) in [6, 6.07) is 22.2. The molecular weight excluding hydrogens is 392 g/mol. The Morgan fingerprint density at radius 2 is 1.60 bits per heavy atom. The van der Waals surface area contributed by atoms with Gasteiger partial charge in [0, 0.05) is 24.5 Å². The number of carbonyl (C=O) groups excluding carboxylic acids is 2. The van der Waals surface area contributed by atoms with Gasteiger partial charge in [0.05, 0.1) is 5.57 Å². The number of thiophene rings is 1. The van der Waals surface area contributed by atoms with Crippen LogP contribution in [0.2, 0.25) is 0 Å². The Labute approximate surface area is 180 Å². The predicted octanol–water partition coefficient (Wildman–Crippen LogP) is 4.13. The van der Waals surface area contributed by atoms with Gasteiger partial charge in [-0.05, 0) is 41.0 Å². The zero-order chi connectivity index (χ0) is 20.5. The summed E-state index contributed by atoms with van der Waals surface area (Å²) in [6.45, 7) is 1.79. The molecule has 0 aliphatic carbocycles. The van der Waals surface area contributed by atoms with Gasteiger partial charge in [0.2, 0.25) is 0 Å². The lowest BCUT2D eigenvalue weighted by molar-refractivity contribution is -0.137. The first kappa shape index (κ1) is 18.8. The van der Waals surface area contributed by atoms with Crippen molar-refractivity contribution in [2.24, 2.45) is 0 Å². The van der Waals surface area contributed by atoms with E-state index in [1.54, 1.807) is 0 Å². The van der Waals surface area contributed by atoms with Gasteiger partial charge in [-0.15, -0.1) is 11.3 Å². The van der Waals surface area contributed by atoms with Crippen molar-refractivity contribution in [3.05, 3.63) is 99.4 Å². The van der Waals surface area contributed by atoms with Crippen molar-refractivity contribution in [2.75, 3.05) is 13.1 Å². The normalized spacial score (nSPS) is 16.4. The van der Waals surface area contributed by atoms with Gasteiger partial charge in [0.1, 0.15) is 5.70 Å². The summed E-state index contributed by atoms with van der Waals surface area (Å²) >= 11 is 1.51. The Kier molecular flexibility index (Phi) is 4.97. The molecule has 2 aliphatic rings. The Bertz CT molecular complexity index is 1120. The Morgan fingerprint density at radius 1 is 0.833 bits per heavy atom. The van der Waals surface area contributed by atoms with E-state index >= 15 is 0 Å². The van der Waals surface area contributed by atoms with E-state index in [4.69, 9.17) is 0 Å². The van der Waals surface area contributed by atoms with Gasteiger partial charge in [-0.1, -0.05) is 60.7 Å². The molecule has 2 aliphatic heterocycles. The fourth-order valence-electron chi connectivity index (χ4n) is 4.27. The largest absolute Gasteiger partial charge is 0.362 e. The van der Waals surface area contributed by atoms with Gasteiger partial charge in [0.25, 0.3) is 11.8 Å². The van der Waals surface area contributed by atoms with E-state index in [1.807, 2.05) is 53.9 Å². The fraction of sp³-hybridized carbons (Fsp3) is 0.200. The monoisotopic (exact) mass is 414 g/mol. The topological polar surface area (TPSA) is 40.6 Å². The third-order valence-electron chi connectivity index (χ3n) is 5.82. The van der Waals surface area contributed by atoms with Crippen LogP contribution in [0.4, 0.5) is 0 Å². The number of carbonyl (C=O) groups is 2. The van der Waals surface area contributed by atoms with E-state index in [9.17, 15) is 9.59 Å². The highest BCUT2D eigenvalue weighted by Gasteiger charge is 2.42. The van der Waals surface area contributed by atoms with Crippen molar-refractivity contribution in [2.45, 2.75) is 19.4 Å². The molecule has 150 valence electrons. The minimum absolute atomic E-state index is 0.168. The van der Waals surface area contributed by atoms with Gasteiger partial charge in [-0.2, -0.15) is 0 Å². The highest BCUT2D eigenvalue weighted by molar-refractivity contribution is 7.11. The van der Waals surface area contributed by atoms with Gasteiger partial charge in [-0.25, -0.2) is 0 Å². The number of hydrogen-bond acceptors (Lipinski definition) is 4. The Morgan fingerprint density at radius 3 is 2.37 bits per heavy atom. The maximum atomic E-state index is 13.5. The molecule has 5 rings (SSSR count). The maximum Gasteiger partial charge on any atom is 0.277 e. The third kappa shape index (κ3) is 3.35. The van der Waals surface area contributed by atoms with Crippen LogP contribution in [-0.4, -0.2) is 34.7 Å². The lowest BCUT2D eigenvalue weighted by Crippen LogP contribution is -2.38. The van der Waals surface area contributed by atoms with Crippen molar-refractivity contribution >= 4 is 28.7 Å². The van der Waals surface area contributed by atoms with Crippen LogP contribution in [0.15, 0.2) is 77.8 Å². The number of imide groups is 1. The summed E-state index contributed by atoms with van der Waals surface area (Å²) in [5, 5.41) is 1.95. The average Bonchev–Trinajstić information content (AvgIpc) is 3.39. The van der Waals surface area contributed by atoms with Crippen LogP contribution in [0, 0.1) is 0 Å². The predicted molar refractivity (Wildman–Crippen MR) is 119 cm³/mol. The second kappa shape index (κ2) is 7.92. The van der Waals surface area contributed by atoms with Crippen LogP contribution >= 0.6 is 11.3 Å². The van der Waals surface area contributed by atoms with Gasteiger partial charge >= 0.3 is 0 Å². The Hall–Kier alpha value is -3.18. The highest BCUT2D eigenvalue weighted by Crippen LogP contribution is 2.36. The lowest BCUT2D eigenvalue weighted by Gasteiger charge is -2.31. The Balaban J connectivity index is 1.47. The van der Waals surface area contributed by atoms with E-state index in [0.717, 1.165) is 23.4 Å². The zero-order valence-electron chi connectivity index (χ0n) is 16.6. The molecule has 0 unspecified atom stereocenters. The molecule has 0 saturated carbocycles. The van der Waals surface area contributed by atoms with Crippen molar-refractivity contribution in [3.8, 4) is 0 Å². The van der Waals surface area contributed by atoms with Gasteiger partial charge in [-0.3, -0.25) is 14.5 Å². The lowest BCUT2D eigenvalue weighted by atomic mass is 9.99. The van der Waals surface area contributed by atoms with Crippen molar-refractivity contribution in [1.82, 2.24) is 9.80 Å². The molecule has 5 heteroatoms. The smallest absolute Gasteiger partial charge is 0.277 e. The summed E-state index contributed by atoms with van der Waals surface area (Å²) < 4.78 is 0. The minimum atomic E-state index is -0.174. The number of amides is 2. The molecule has 4 nitrogen and oxygen atoms in total. The molecule has 0 saturated heterocycles. The molecule has 0 spiro atoms. The van der Waals surface area contributed by atoms with Crippen molar-refractivity contribution in [1.29, 1.82) is 0 Å². The first-order valence-corrected chi connectivity index (χ1v) is 11.1. The quantitative estimate of drug-likeness (QED) is 0.590. The molecule has 3 aromatic rings. The number of benzene rings is 2. The van der Waals surface area contributed by atoms with Crippen LogP contribution in [0.25, 0.3) is 5.57 Å². The second-order valence-corrected chi connectivity index (χ2v) is 8.59. The van der Waals surface area contributed by atoms with Crippen molar-refractivity contribution in [3.63, 3.8) is 0 Å². The molecule has 0 bridgehead atoms. The molecule has 2 aromatic carbocycles. The molecule has 0 radical (unpaired) electrons. The van der Waals surface area contributed by atoms with E-state index < -0.39 is 0 Å². The summed E-state index contributed by atoms with van der Waals surface area (Å²) in [4.78, 5) is 31.2. The molecule has 30 heavy (non-hydrogen) atoms. The summed E-state index contributed by atoms with van der Waals surface area (Å²) in [5.41, 5.74) is 4.79. The van der Waals surface area contributed by atoms with Gasteiger partial charge < -0.3 is 4.90 Å². The number of rotatable bonds is 5. The number of nitrogens with zero attached hydrogens (tertiary/aromatic N) is 2. The standard InChI is InChI=1S/C25H22N2O2S/c28-24-22(21-11-6-16-30-21)23(26-14-13-19-9-4-5-10-20(19)17-26)25(29)27(24)15-12-18-7-2-1-3-8-18/h1-11,16H,12-15,17H2. The van der Waals surface area contributed by atoms with E-state index in [1.165, 1.54) is 27.4 Å². The zero-order valence-corrected chi connectivity index (χ0v) is 17.4. The summed E-state index contributed by atoms with van der Waals surface area (Å²) in [6.07, 6.45) is 1.54. The van der Waals surface area contributed by atoms with Crippen LogP contribution in [0.3, 0.4) is 0 Å². The molecule has 0 N–H and O–H groups in total. The van der Waals surface area contributed by atoms with E-state index in [-0.39, 0.29) is 11.8 Å². The van der Waals surface area contributed by atoms with Crippen LogP contribution in [0.1, 0.15) is 21.6 Å². The van der Waals surface area contributed by atoms with E-state index in [2.05, 4.69) is 23.1 Å². The molecule has 2 amide bonds. The summed E-state index contributed by atoms with van der Waals surface area (Å²) in [7, 11) is 0. The van der Waals surface area contributed by atoms with Crippen LogP contribution < -0.4 is 0 Å². The molecule has 0 atom stereocenters. The van der Waals surface area contributed by atoms with Crippen LogP contribution in [0.5, 0.6) is 0 Å². The molecule has 3 heterocycles. The first-order valence-electron chi connectivity index (χ1n) is 10.2. The van der Waals surface area contributed by atoms with Gasteiger partial charge in [0.15, 0.2) is 0 Å². The number of hydrogen-bond donors (Lipinski definition) is 0. The van der Waals surface area contributed by atoms with Crippen molar-refractivity contribution < 1.29 is 9.59 Å². The SMILES string of the molecule is O=C1C(c2cccs2)=C(N2CCc3ccccc3C2)C(=O)N1CCc1ccccc1. The maximum absolute atomic E-state index is 13.5. The summed E-state index contributed by atoms with van der Waals surface area (Å²) in [5.74, 6) is -0.342. The number of fused-ring (bicyclic) bond motifs is 1. The third-order valence-corrected chi connectivity index (χ3v) is 6.71. The van der Waals surface area contributed by atoms with E-state index in [0.29, 0.717) is 30.8 Å². The highest BCUT2D eigenvalue weighted by atomic mass is 32.1. The first-order chi connectivity index (χ1) is 14.7.